The van der Waals surface area contributed by atoms with E-state index >= 15 is 0 Å². The molecule has 0 saturated carbocycles. The van der Waals surface area contributed by atoms with Crippen molar-refractivity contribution in [2.45, 2.75) is 39.3 Å². The summed E-state index contributed by atoms with van der Waals surface area (Å²) in [5.74, 6) is 0.469. The van der Waals surface area contributed by atoms with E-state index < -0.39 is 11.5 Å². The molecule has 0 bridgehead atoms. The Hall–Kier alpha value is -1.75. The second-order valence-electron chi connectivity index (χ2n) is 5.44. The van der Waals surface area contributed by atoms with Crippen molar-refractivity contribution in [2.75, 3.05) is 20.8 Å². The van der Waals surface area contributed by atoms with Crippen LogP contribution in [-0.4, -0.2) is 42.3 Å². The molecule has 0 heterocycles. The first-order valence-electron chi connectivity index (χ1n) is 7.01. The zero-order valence-electron chi connectivity index (χ0n) is 13.6. The van der Waals surface area contributed by atoms with Crippen LogP contribution < -0.4 is 9.47 Å². The molecule has 1 unspecified atom stereocenters. The Balaban J connectivity index is 3.17. The number of likely N-dealkylation sites (N-methyl/N-ethyl adjacent to an activating group) is 1. The Labute approximate surface area is 126 Å². The molecule has 0 aromatic heterocycles. The van der Waals surface area contributed by atoms with Gasteiger partial charge in [0.2, 0.25) is 0 Å². The lowest BCUT2D eigenvalue weighted by Crippen LogP contribution is -2.50. The molecule has 5 heteroatoms. The third-order valence-electron chi connectivity index (χ3n) is 3.94. The van der Waals surface area contributed by atoms with Crippen molar-refractivity contribution in [1.29, 1.82) is 0 Å². The summed E-state index contributed by atoms with van der Waals surface area (Å²) in [5.41, 5.74) is 0.0465. The van der Waals surface area contributed by atoms with Gasteiger partial charge in [0.1, 0.15) is 5.54 Å². The van der Waals surface area contributed by atoms with Gasteiger partial charge in [0.05, 0.1) is 14.2 Å². The minimum atomic E-state index is -0.943. The maximum Gasteiger partial charge on any atom is 0.323 e. The number of benzene rings is 1. The van der Waals surface area contributed by atoms with Crippen LogP contribution in [0.5, 0.6) is 11.5 Å². The molecule has 1 aromatic rings. The molecular weight excluding hydrogens is 270 g/mol. The van der Waals surface area contributed by atoms with Crippen molar-refractivity contribution in [3.63, 3.8) is 0 Å². The van der Waals surface area contributed by atoms with Crippen LogP contribution in [0.3, 0.4) is 0 Å². The number of aliphatic carboxylic acids is 1. The molecule has 1 aromatic carbocycles. The number of nitrogens with zero attached hydrogens (tertiary/aromatic N) is 1. The summed E-state index contributed by atoms with van der Waals surface area (Å²) in [5, 5.41) is 9.44. The standard InChI is InChI=1S/C16H25NO4/c1-7-17(16(3,4)15(18)19)11(2)12-8-9-13(20-5)14(10-12)21-6/h8-11H,7H2,1-6H3,(H,18,19). The Morgan fingerprint density at radius 3 is 2.29 bits per heavy atom. The van der Waals surface area contributed by atoms with Crippen LogP contribution in [-0.2, 0) is 4.79 Å². The summed E-state index contributed by atoms with van der Waals surface area (Å²) in [6.07, 6.45) is 0. The summed E-state index contributed by atoms with van der Waals surface area (Å²) in [6, 6.07) is 5.61. The number of carboxylic acid groups (broad SMARTS) is 1. The zero-order chi connectivity index (χ0) is 16.2. The molecule has 0 amide bonds. The Bertz CT molecular complexity index is 499. The quantitative estimate of drug-likeness (QED) is 0.838. The van der Waals surface area contributed by atoms with Crippen LogP contribution in [0.25, 0.3) is 0 Å². The lowest BCUT2D eigenvalue weighted by Gasteiger charge is -2.39. The predicted molar refractivity (Wildman–Crippen MR) is 82.1 cm³/mol. The zero-order valence-corrected chi connectivity index (χ0v) is 13.6. The van der Waals surface area contributed by atoms with Crippen LogP contribution in [0.15, 0.2) is 18.2 Å². The maximum atomic E-state index is 11.5. The first-order valence-corrected chi connectivity index (χ1v) is 7.01. The second kappa shape index (κ2) is 6.80. The third kappa shape index (κ3) is 3.47. The molecule has 1 atom stereocenters. The minimum Gasteiger partial charge on any atom is -0.493 e. The largest absolute Gasteiger partial charge is 0.493 e. The van der Waals surface area contributed by atoms with E-state index in [4.69, 9.17) is 9.47 Å². The number of rotatable bonds is 7. The van der Waals surface area contributed by atoms with Crippen molar-refractivity contribution >= 4 is 5.97 Å². The number of hydrogen-bond acceptors (Lipinski definition) is 4. The second-order valence-corrected chi connectivity index (χ2v) is 5.44. The van der Waals surface area contributed by atoms with Gasteiger partial charge >= 0.3 is 5.97 Å². The van der Waals surface area contributed by atoms with Gasteiger partial charge in [-0.3, -0.25) is 9.69 Å². The SMILES string of the molecule is CCN(C(C)c1ccc(OC)c(OC)c1)C(C)(C)C(=O)O. The molecule has 0 saturated heterocycles. The monoisotopic (exact) mass is 295 g/mol. The number of hydrogen-bond donors (Lipinski definition) is 1. The number of carbonyl (C=O) groups is 1. The molecule has 5 nitrogen and oxygen atoms in total. The number of methoxy groups -OCH3 is 2. The lowest BCUT2D eigenvalue weighted by atomic mass is 9.97. The van der Waals surface area contributed by atoms with Gasteiger partial charge < -0.3 is 14.6 Å². The van der Waals surface area contributed by atoms with Crippen molar-refractivity contribution < 1.29 is 19.4 Å². The van der Waals surface area contributed by atoms with Gasteiger partial charge in [-0.1, -0.05) is 13.0 Å². The van der Waals surface area contributed by atoms with Crippen LogP contribution >= 0.6 is 0 Å². The smallest absolute Gasteiger partial charge is 0.323 e. The molecular formula is C16H25NO4. The summed E-state index contributed by atoms with van der Waals surface area (Å²) >= 11 is 0. The van der Waals surface area contributed by atoms with Gasteiger partial charge in [0.25, 0.3) is 0 Å². The van der Waals surface area contributed by atoms with Gasteiger partial charge in [-0.05, 0) is 45.0 Å². The average Bonchev–Trinajstić information content (AvgIpc) is 2.46. The molecule has 1 N–H and O–H groups in total. The van der Waals surface area contributed by atoms with Crippen LogP contribution in [0.1, 0.15) is 39.3 Å². The van der Waals surface area contributed by atoms with E-state index in [1.165, 1.54) is 0 Å². The molecule has 0 spiro atoms. The molecule has 21 heavy (non-hydrogen) atoms. The van der Waals surface area contributed by atoms with E-state index in [1.807, 2.05) is 36.9 Å². The molecule has 1 rings (SSSR count). The summed E-state index contributed by atoms with van der Waals surface area (Å²) in [4.78, 5) is 13.4. The molecule has 0 fully saturated rings. The Morgan fingerprint density at radius 1 is 1.29 bits per heavy atom. The average molecular weight is 295 g/mol. The molecule has 0 radical (unpaired) electrons. The Morgan fingerprint density at radius 2 is 1.86 bits per heavy atom. The van der Waals surface area contributed by atoms with Crippen LogP contribution in [0.4, 0.5) is 0 Å². The number of ether oxygens (including phenoxy) is 2. The van der Waals surface area contributed by atoms with Crippen LogP contribution in [0.2, 0.25) is 0 Å². The normalized spacial score (nSPS) is 13.1. The van der Waals surface area contributed by atoms with E-state index in [-0.39, 0.29) is 6.04 Å². The van der Waals surface area contributed by atoms with Crippen molar-refractivity contribution in [3.05, 3.63) is 23.8 Å². The van der Waals surface area contributed by atoms with Crippen molar-refractivity contribution in [3.8, 4) is 11.5 Å². The predicted octanol–water partition coefficient (Wildman–Crippen LogP) is 2.95. The Kier molecular flexibility index (Phi) is 5.61. The first kappa shape index (κ1) is 17.3. The van der Waals surface area contributed by atoms with Gasteiger partial charge in [-0.15, -0.1) is 0 Å². The number of carboxylic acids is 1. The van der Waals surface area contributed by atoms with E-state index in [1.54, 1.807) is 28.1 Å². The van der Waals surface area contributed by atoms with Gasteiger partial charge in [0.15, 0.2) is 11.5 Å². The fourth-order valence-electron chi connectivity index (χ4n) is 2.57. The fourth-order valence-corrected chi connectivity index (χ4v) is 2.57. The highest BCUT2D eigenvalue weighted by atomic mass is 16.5. The van der Waals surface area contributed by atoms with Gasteiger partial charge in [-0.25, -0.2) is 0 Å². The maximum absolute atomic E-state index is 11.5. The fraction of sp³-hybridized carbons (Fsp3) is 0.562. The summed E-state index contributed by atoms with van der Waals surface area (Å²) in [6.45, 7) is 8.03. The molecule has 0 aliphatic carbocycles. The highest BCUT2D eigenvalue weighted by Gasteiger charge is 2.36. The highest BCUT2D eigenvalue weighted by molar-refractivity contribution is 5.77. The lowest BCUT2D eigenvalue weighted by molar-refractivity contribution is -0.150. The van der Waals surface area contributed by atoms with E-state index in [2.05, 4.69) is 0 Å². The topological polar surface area (TPSA) is 59.0 Å². The molecule has 0 aliphatic rings. The van der Waals surface area contributed by atoms with Crippen molar-refractivity contribution in [2.24, 2.45) is 0 Å². The minimum absolute atomic E-state index is 0.0547. The molecule has 118 valence electrons. The molecule has 0 aliphatic heterocycles. The van der Waals surface area contributed by atoms with Crippen LogP contribution in [0, 0.1) is 0 Å². The van der Waals surface area contributed by atoms with E-state index in [0.29, 0.717) is 18.0 Å². The highest BCUT2D eigenvalue weighted by Crippen LogP contribution is 2.34. The van der Waals surface area contributed by atoms with E-state index in [9.17, 15) is 9.90 Å². The summed E-state index contributed by atoms with van der Waals surface area (Å²) < 4.78 is 10.5. The third-order valence-corrected chi connectivity index (χ3v) is 3.94. The van der Waals surface area contributed by atoms with Gasteiger partial charge in [0, 0.05) is 6.04 Å². The van der Waals surface area contributed by atoms with Crippen molar-refractivity contribution in [1.82, 2.24) is 4.90 Å². The summed E-state index contributed by atoms with van der Waals surface area (Å²) in [7, 11) is 3.18. The van der Waals surface area contributed by atoms with Gasteiger partial charge in [-0.2, -0.15) is 0 Å². The van der Waals surface area contributed by atoms with E-state index in [0.717, 1.165) is 5.56 Å². The first-order chi connectivity index (χ1) is 9.79.